The number of nitrogens with one attached hydrogen (secondary N) is 3. The van der Waals surface area contributed by atoms with Crippen molar-refractivity contribution in [3.05, 3.63) is 96.6 Å². The number of hydrogen-bond donors (Lipinski definition) is 4. The molecule has 1 aliphatic heterocycles. The maximum atomic E-state index is 14.7. The molecule has 1 unspecified atom stereocenters. The van der Waals surface area contributed by atoms with Crippen LogP contribution < -0.4 is 25.4 Å². The van der Waals surface area contributed by atoms with E-state index in [1.165, 1.54) is 11.0 Å². The van der Waals surface area contributed by atoms with Crippen molar-refractivity contribution >= 4 is 40.4 Å². The monoisotopic (exact) mass is 733 g/mol. The first-order valence-electron chi connectivity index (χ1n) is 18.0. The molecule has 1 aliphatic carbocycles. The summed E-state index contributed by atoms with van der Waals surface area (Å²) in [5, 5.41) is 19.3. The van der Waals surface area contributed by atoms with Gasteiger partial charge in [-0.05, 0) is 48.9 Å². The predicted octanol–water partition coefficient (Wildman–Crippen LogP) is 6.26. The zero-order valence-corrected chi connectivity index (χ0v) is 31.4. The maximum absolute atomic E-state index is 14.7. The molecule has 1 aromatic heterocycles. The molecule has 4 aromatic rings. The molecule has 4 N–H and O–H groups in total. The van der Waals surface area contributed by atoms with Crippen molar-refractivity contribution in [1.29, 1.82) is 0 Å². The van der Waals surface area contributed by atoms with Crippen LogP contribution in [0, 0.1) is 25.2 Å². The van der Waals surface area contributed by atoms with Crippen molar-refractivity contribution in [3.63, 3.8) is 0 Å². The van der Waals surface area contributed by atoms with E-state index in [-0.39, 0.29) is 19.4 Å². The van der Waals surface area contributed by atoms with Gasteiger partial charge in [0.2, 0.25) is 11.8 Å². The number of urea groups is 1. The van der Waals surface area contributed by atoms with E-state index in [2.05, 4.69) is 22.5 Å². The Bertz CT molecular complexity index is 2090. The highest BCUT2D eigenvalue weighted by Gasteiger charge is 2.61. The summed E-state index contributed by atoms with van der Waals surface area (Å²) in [4.78, 5) is 60.9. The van der Waals surface area contributed by atoms with Crippen molar-refractivity contribution in [2.45, 2.75) is 71.2 Å². The Hall–Kier alpha value is -5.91. The molecular formula is C42H47N5O7. The molecule has 12 heteroatoms. The second-order valence-corrected chi connectivity index (χ2v) is 15.2. The van der Waals surface area contributed by atoms with Gasteiger partial charge in [0.25, 0.3) is 0 Å². The standard InChI is InChI=1S/C42H47N5O7/c1-8-27-22-42(27,39(50)51)46-37(48)33-20-29(54-34-21-31(26-15-10-9-11-16-26)43-32-19-28(53-7)17-18-30(32)34)23-47(33)38(49)36(41(4,5)6)45-40(52)44-35-24(2)13-12-14-25(35)3/h8-19,21,27,29,33,36H,1,20,22-23H2,2-7H3,(H,46,48)(H,50,51)(H2,44,45,52)/t27-,29+,33-,36+,42?/m0/s1. The summed E-state index contributed by atoms with van der Waals surface area (Å²) in [6.45, 7) is 13.0. The summed E-state index contributed by atoms with van der Waals surface area (Å²) in [6, 6.07) is 19.9. The van der Waals surface area contributed by atoms with Crippen LogP contribution in [0.1, 0.15) is 44.7 Å². The zero-order chi connectivity index (χ0) is 38.9. The number of fused-ring (bicyclic) bond motifs is 1. The summed E-state index contributed by atoms with van der Waals surface area (Å²) in [5.41, 5.74) is 2.23. The van der Waals surface area contributed by atoms with Crippen LogP contribution in [-0.2, 0) is 14.4 Å². The number of rotatable bonds is 11. The first-order chi connectivity index (χ1) is 25.6. The molecule has 1 saturated heterocycles. The topological polar surface area (TPSA) is 159 Å². The number of methoxy groups -OCH3 is 1. The molecule has 54 heavy (non-hydrogen) atoms. The van der Waals surface area contributed by atoms with Gasteiger partial charge in [-0.3, -0.25) is 9.59 Å². The van der Waals surface area contributed by atoms with Crippen molar-refractivity contribution in [3.8, 4) is 22.8 Å². The number of benzene rings is 3. The van der Waals surface area contributed by atoms with Gasteiger partial charge in [-0.15, -0.1) is 6.58 Å². The van der Waals surface area contributed by atoms with Gasteiger partial charge < -0.3 is 35.4 Å². The van der Waals surface area contributed by atoms with Crippen LogP contribution in [0.25, 0.3) is 22.2 Å². The molecule has 0 bridgehead atoms. The van der Waals surface area contributed by atoms with Crippen LogP contribution in [0.5, 0.6) is 11.5 Å². The fourth-order valence-corrected chi connectivity index (χ4v) is 7.14. The van der Waals surface area contributed by atoms with E-state index in [1.54, 1.807) is 13.2 Å². The fraction of sp³-hybridized carbons (Fsp3) is 0.357. The number of ether oxygens (including phenoxy) is 2. The smallest absolute Gasteiger partial charge is 0.330 e. The van der Waals surface area contributed by atoms with Gasteiger partial charge in [-0.1, -0.05) is 75.4 Å². The summed E-state index contributed by atoms with van der Waals surface area (Å²) in [5.74, 6) is -1.63. The number of aliphatic carboxylic acids is 1. The highest BCUT2D eigenvalue weighted by Crippen LogP contribution is 2.45. The average molecular weight is 734 g/mol. The highest BCUT2D eigenvalue weighted by molar-refractivity contribution is 5.98. The van der Waals surface area contributed by atoms with Crippen LogP contribution in [0.2, 0.25) is 0 Å². The number of carboxylic acid groups (broad SMARTS) is 1. The minimum atomic E-state index is -1.51. The molecular weight excluding hydrogens is 686 g/mol. The molecule has 2 fully saturated rings. The SMILES string of the molecule is C=C[C@H]1CC1(NC(=O)[C@@H]1C[C@@H](Oc2cc(-c3ccccc3)nc3cc(OC)ccc23)CN1C(=O)[C@@H](NC(=O)Nc1c(C)cccc1C)C(C)(C)C)C(=O)O. The number of anilines is 1. The molecule has 12 nitrogen and oxygen atoms in total. The van der Waals surface area contributed by atoms with Crippen LogP contribution in [0.3, 0.4) is 0 Å². The lowest BCUT2D eigenvalue weighted by Gasteiger charge is -2.35. The number of carbonyl (C=O) groups is 4. The van der Waals surface area contributed by atoms with Crippen molar-refractivity contribution < 1.29 is 33.8 Å². The molecule has 3 aromatic carbocycles. The first-order valence-corrected chi connectivity index (χ1v) is 18.0. The Balaban J connectivity index is 1.34. The number of carboxylic acids is 1. The zero-order valence-electron chi connectivity index (χ0n) is 31.4. The van der Waals surface area contributed by atoms with E-state index in [9.17, 15) is 24.3 Å². The minimum absolute atomic E-state index is 0.00466. The van der Waals surface area contributed by atoms with E-state index in [1.807, 2.05) is 101 Å². The Morgan fingerprint density at radius 2 is 1.72 bits per heavy atom. The van der Waals surface area contributed by atoms with E-state index in [0.29, 0.717) is 33.8 Å². The van der Waals surface area contributed by atoms with Crippen molar-refractivity contribution in [1.82, 2.24) is 20.5 Å². The molecule has 1 saturated carbocycles. The number of carbonyl (C=O) groups excluding carboxylic acids is 3. The van der Waals surface area contributed by atoms with Gasteiger partial charge in [0.05, 0.1) is 24.9 Å². The number of aromatic nitrogens is 1. The summed E-state index contributed by atoms with van der Waals surface area (Å²) in [6.07, 6.45) is 1.09. The number of amides is 4. The van der Waals surface area contributed by atoms with E-state index >= 15 is 0 Å². The number of aryl methyl sites for hydroxylation is 2. The number of para-hydroxylation sites is 1. The summed E-state index contributed by atoms with van der Waals surface area (Å²) in [7, 11) is 1.58. The Kier molecular flexibility index (Phi) is 10.4. The third kappa shape index (κ3) is 7.59. The lowest BCUT2D eigenvalue weighted by atomic mass is 9.85. The van der Waals surface area contributed by atoms with Gasteiger partial charge in [0.15, 0.2) is 0 Å². The quantitative estimate of drug-likeness (QED) is 0.132. The molecule has 0 radical (unpaired) electrons. The number of hydrogen-bond acceptors (Lipinski definition) is 7. The average Bonchev–Trinajstić information content (AvgIpc) is 3.70. The lowest BCUT2D eigenvalue weighted by molar-refractivity contribution is -0.146. The highest BCUT2D eigenvalue weighted by atomic mass is 16.5. The van der Waals surface area contributed by atoms with Gasteiger partial charge >= 0.3 is 12.0 Å². The summed E-state index contributed by atoms with van der Waals surface area (Å²) < 4.78 is 12.2. The maximum Gasteiger partial charge on any atom is 0.330 e. The van der Waals surface area contributed by atoms with Gasteiger partial charge in [0, 0.05) is 41.1 Å². The van der Waals surface area contributed by atoms with E-state index < -0.39 is 58.9 Å². The number of pyridine rings is 1. The summed E-state index contributed by atoms with van der Waals surface area (Å²) >= 11 is 0. The minimum Gasteiger partial charge on any atom is -0.497 e. The van der Waals surface area contributed by atoms with Gasteiger partial charge in [0.1, 0.15) is 35.2 Å². The normalized spacial score (nSPS) is 21.1. The van der Waals surface area contributed by atoms with Gasteiger partial charge in [-0.2, -0.15) is 0 Å². The van der Waals surface area contributed by atoms with Crippen molar-refractivity contribution in [2.24, 2.45) is 11.3 Å². The molecule has 4 amide bonds. The Morgan fingerprint density at radius 1 is 1.02 bits per heavy atom. The Labute approximate surface area is 314 Å². The van der Waals surface area contributed by atoms with Crippen molar-refractivity contribution in [2.75, 3.05) is 19.0 Å². The largest absolute Gasteiger partial charge is 0.497 e. The first kappa shape index (κ1) is 37.8. The lowest BCUT2D eigenvalue weighted by Crippen LogP contribution is -2.59. The van der Waals surface area contributed by atoms with Crippen LogP contribution in [-0.4, -0.2) is 76.2 Å². The molecule has 282 valence electrons. The molecule has 2 heterocycles. The van der Waals surface area contributed by atoms with E-state index in [4.69, 9.17) is 14.5 Å². The predicted molar refractivity (Wildman–Crippen MR) is 206 cm³/mol. The number of nitrogens with zero attached hydrogens (tertiary/aromatic N) is 2. The fourth-order valence-electron chi connectivity index (χ4n) is 7.14. The molecule has 0 spiro atoms. The third-order valence-corrected chi connectivity index (χ3v) is 10.3. The molecule has 6 rings (SSSR count). The van der Waals surface area contributed by atoms with Crippen LogP contribution in [0.4, 0.5) is 10.5 Å². The van der Waals surface area contributed by atoms with Gasteiger partial charge in [-0.25, -0.2) is 14.6 Å². The molecule has 5 atom stereocenters. The second kappa shape index (κ2) is 14.8. The Morgan fingerprint density at radius 3 is 2.33 bits per heavy atom. The number of likely N-dealkylation sites (tertiary alicyclic amines) is 1. The van der Waals surface area contributed by atoms with E-state index in [0.717, 1.165) is 16.7 Å². The second-order valence-electron chi connectivity index (χ2n) is 15.2. The van der Waals surface area contributed by atoms with Crippen LogP contribution in [0.15, 0.2) is 85.5 Å². The molecule has 2 aliphatic rings. The van der Waals surface area contributed by atoms with Crippen LogP contribution >= 0.6 is 0 Å². The third-order valence-electron chi connectivity index (χ3n) is 10.3.